The Morgan fingerprint density at radius 1 is 1.54 bits per heavy atom. The molecule has 0 radical (unpaired) electrons. The maximum Gasteiger partial charge on any atom is 0.222 e. The minimum atomic E-state index is -0.605. The van der Waals surface area contributed by atoms with Crippen molar-refractivity contribution in [2.24, 2.45) is 11.8 Å². The second kappa shape index (κ2) is 3.03. The highest BCUT2D eigenvalue weighted by Crippen LogP contribution is 2.55. The molecule has 0 bridgehead atoms. The summed E-state index contributed by atoms with van der Waals surface area (Å²) in [6.07, 6.45) is 1.30. The molecule has 0 N–H and O–H groups in total. The van der Waals surface area contributed by atoms with Crippen LogP contribution in [0.1, 0.15) is 19.8 Å². The third kappa shape index (κ3) is 1.94. The number of hydrogen-bond donors (Lipinski definition) is 0. The minimum absolute atomic E-state index is 0.194. The van der Waals surface area contributed by atoms with Crippen molar-refractivity contribution in [1.82, 2.24) is 4.90 Å². The second-order valence-electron chi connectivity index (χ2n) is 4.27. The van der Waals surface area contributed by atoms with Gasteiger partial charge in [-0.3, -0.25) is 4.79 Å². The van der Waals surface area contributed by atoms with Gasteiger partial charge in [0.25, 0.3) is 0 Å². The highest BCUT2D eigenvalue weighted by Gasteiger charge is 2.52. The highest BCUT2D eigenvalue weighted by molar-refractivity contribution is 6.51. The van der Waals surface area contributed by atoms with Gasteiger partial charge in [0.15, 0.2) is 0 Å². The summed E-state index contributed by atoms with van der Waals surface area (Å²) >= 11 is 11.7. The zero-order valence-electron chi connectivity index (χ0n) is 7.59. The highest BCUT2D eigenvalue weighted by atomic mass is 35.5. The molecule has 0 spiro atoms. The Hall–Kier alpha value is 0.0500. The summed E-state index contributed by atoms with van der Waals surface area (Å²) < 4.78 is -0.605. The molecule has 74 valence electrons. The summed E-state index contributed by atoms with van der Waals surface area (Å²) in [5, 5.41) is 0. The number of amides is 1. The van der Waals surface area contributed by atoms with Gasteiger partial charge in [0.2, 0.25) is 5.91 Å². The first-order valence-electron chi connectivity index (χ1n) is 4.64. The van der Waals surface area contributed by atoms with Gasteiger partial charge in [-0.25, -0.2) is 0 Å². The van der Waals surface area contributed by atoms with E-state index < -0.39 is 4.33 Å². The Morgan fingerprint density at radius 2 is 2.08 bits per heavy atom. The summed E-state index contributed by atoms with van der Waals surface area (Å²) in [6, 6.07) is 0. The lowest BCUT2D eigenvalue weighted by molar-refractivity contribution is -0.137. The van der Waals surface area contributed by atoms with Gasteiger partial charge in [-0.2, -0.15) is 0 Å². The Bertz CT molecular complexity index is 236. The predicted molar refractivity (Wildman–Crippen MR) is 52.9 cm³/mol. The van der Waals surface area contributed by atoms with Crippen LogP contribution in [0.3, 0.4) is 0 Å². The molecular weight excluding hydrogens is 209 g/mol. The number of carbonyl (C=O) groups is 1. The quantitative estimate of drug-likeness (QED) is 0.655. The average Bonchev–Trinajstić information content (AvgIpc) is 2.52. The molecule has 1 amide bonds. The first-order valence-corrected chi connectivity index (χ1v) is 5.40. The normalized spacial score (nSPS) is 31.3. The molecular formula is C9H13Cl2NO. The van der Waals surface area contributed by atoms with Crippen LogP contribution in [0.15, 0.2) is 0 Å². The lowest BCUT2D eigenvalue weighted by Crippen LogP contribution is -2.48. The van der Waals surface area contributed by atoms with Crippen molar-refractivity contribution in [3.05, 3.63) is 0 Å². The maximum absolute atomic E-state index is 11.5. The van der Waals surface area contributed by atoms with Gasteiger partial charge >= 0.3 is 0 Å². The van der Waals surface area contributed by atoms with Crippen LogP contribution >= 0.6 is 23.2 Å². The molecule has 13 heavy (non-hydrogen) atoms. The Morgan fingerprint density at radius 3 is 2.46 bits per heavy atom. The van der Waals surface area contributed by atoms with Gasteiger partial charge in [0.05, 0.1) is 0 Å². The number of rotatable bonds is 2. The van der Waals surface area contributed by atoms with E-state index in [4.69, 9.17) is 23.2 Å². The van der Waals surface area contributed by atoms with Crippen LogP contribution in [0, 0.1) is 11.8 Å². The van der Waals surface area contributed by atoms with Gasteiger partial charge in [0, 0.05) is 25.4 Å². The van der Waals surface area contributed by atoms with E-state index in [0.29, 0.717) is 12.3 Å². The van der Waals surface area contributed by atoms with Crippen LogP contribution in [0.25, 0.3) is 0 Å². The standard InChI is InChI=1S/C9H13Cl2NO/c1-6-4-12(5-6)8(13)2-7-3-9(7,10)11/h6-7H,2-5H2,1H3. The zero-order chi connectivity index (χ0) is 9.64. The van der Waals surface area contributed by atoms with E-state index in [0.717, 1.165) is 19.5 Å². The van der Waals surface area contributed by atoms with Gasteiger partial charge in [0.1, 0.15) is 4.33 Å². The molecule has 1 saturated carbocycles. The molecule has 0 aromatic rings. The molecule has 0 aromatic carbocycles. The second-order valence-corrected chi connectivity index (χ2v) is 5.81. The molecule has 2 nitrogen and oxygen atoms in total. The van der Waals surface area contributed by atoms with Gasteiger partial charge < -0.3 is 4.90 Å². The van der Waals surface area contributed by atoms with Crippen LogP contribution in [0.5, 0.6) is 0 Å². The van der Waals surface area contributed by atoms with E-state index >= 15 is 0 Å². The molecule has 1 heterocycles. The Labute approximate surface area is 88.2 Å². The molecule has 1 aliphatic heterocycles. The number of carbonyl (C=O) groups excluding carboxylic acids is 1. The molecule has 1 saturated heterocycles. The topological polar surface area (TPSA) is 20.3 Å². The molecule has 1 atom stereocenters. The fourth-order valence-corrected chi connectivity index (χ4v) is 2.26. The number of halogens is 2. The van der Waals surface area contributed by atoms with Crippen LogP contribution in [0.2, 0.25) is 0 Å². The first-order chi connectivity index (χ1) is 5.99. The summed E-state index contributed by atoms with van der Waals surface area (Å²) in [5.41, 5.74) is 0. The SMILES string of the molecule is CC1CN(C(=O)CC2CC2(Cl)Cl)C1. The lowest BCUT2D eigenvalue weighted by Gasteiger charge is -2.37. The summed E-state index contributed by atoms with van der Waals surface area (Å²) in [4.78, 5) is 13.4. The van der Waals surface area contributed by atoms with Crippen molar-refractivity contribution in [2.75, 3.05) is 13.1 Å². The van der Waals surface area contributed by atoms with E-state index in [-0.39, 0.29) is 11.8 Å². The molecule has 0 aromatic heterocycles. The largest absolute Gasteiger partial charge is 0.342 e. The number of nitrogens with zero attached hydrogens (tertiary/aromatic N) is 1. The molecule has 1 unspecified atom stereocenters. The van der Waals surface area contributed by atoms with Gasteiger partial charge in [-0.05, 0) is 12.3 Å². The molecule has 1 aliphatic carbocycles. The maximum atomic E-state index is 11.5. The van der Waals surface area contributed by atoms with Crippen LogP contribution in [-0.4, -0.2) is 28.2 Å². The minimum Gasteiger partial charge on any atom is -0.342 e. The third-order valence-corrected chi connectivity index (χ3v) is 3.72. The zero-order valence-corrected chi connectivity index (χ0v) is 9.11. The van der Waals surface area contributed by atoms with Crippen molar-refractivity contribution < 1.29 is 4.79 Å². The number of hydrogen-bond acceptors (Lipinski definition) is 1. The van der Waals surface area contributed by atoms with Crippen molar-refractivity contribution in [2.45, 2.75) is 24.1 Å². The molecule has 4 heteroatoms. The van der Waals surface area contributed by atoms with Crippen LogP contribution < -0.4 is 0 Å². The first kappa shape index (κ1) is 9.60. The van der Waals surface area contributed by atoms with Crippen molar-refractivity contribution in [3.63, 3.8) is 0 Å². The lowest BCUT2D eigenvalue weighted by atomic mass is 10.0. The smallest absolute Gasteiger partial charge is 0.222 e. The number of likely N-dealkylation sites (tertiary alicyclic amines) is 1. The molecule has 2 fully saturated rings. The molecule has 2 aliphatic rings. The summed E-state index contributed by atoms with van der Waals surface area (Å²) in [7, 11) is 0. The van der Waals surface area contributed by atoms with E-state index in [1.807, 2.05) is 4.90 Å². The van der Waals surface area contributed by atoms with Crippen molar-refractivity contribution in [3.8, 4) is 0 Å². The van der Waals surface area contributed by atoms with Crippen LogP contribution in [-0.2, 0) is 4.79 Å². The summed E-state index contributed by atoms with van der Waals surface area (Å²) in [5.74, 6) is 1.07. The van der Waals surface area contributed by atoms with Crippen molar-refractivity contribution in [1.29, 1.82) is 0 Å². The van der Waals surface area contributed by atoms with Gasteiger partial charge in [-0.15, -0.1) is 23.2 Å². The Balaban J connectivity index is 1.74. The van der Waals surface area contributed by atoms with E-state index in [2.05, 4.69) is 6.92 Å². The predicted octanol–water partition coefficient (Wildman–Crippen LogP) is 2.05. The van der Waals surface area contributed by atoms with E-state index in [9.17, 15) is 4.79 Å². The monoisotopic (exact) mass is 221 g/mol. The fourth-order valence-electron chi connectivity index (χ4n) is 1.73. The van der Waals surface area contributed by atoms with Crippen molar-refractivity contribution >= 4 is 29.1 Å². The number of alkyl halides is 2. The van der Waals surface area contributed by atoms with Gasteiger partial charge in [-0.1, -0.05) is 6.92 Å². The van der Waals surface area contributed by atoms with E-state index in [1.54, 1.807) is 0 Å². The fraction of sp³-hybridized carbons (Fsp3) is 0.889. The Kier molecular flexibility index (Phi) is 2.23. The van der Waals surface area contributed by atoms with E-state index in [1.165, 1.54) is 0 Å². The third-order valence-electron chi connectivity index (χ3n) is 2.79. The summed E-state index contributed by atoms with van der Waals surface area (Å²) in [6.45, 7) is 3.96. The average molecular weight is 222 g/mol. The van der Waals surface area contributed by atoms with Crippen LogP contribution in [0.4, 0.5) is 0 Å². The molecule has 2 rings (SSSR count).